The van der Waals surface area contributed by atoms with Gasteiger partial charge in [-0.15, -0.1) is 0 Å². The van der Waals surface area contributed by atoms with E-state index >= 15 is 0 Å². The number of alkyl halides is 3. The van der Waals surface area contributed by atoms with Gasteiger partial charge in [-0.05, 0) is 43.4 Å². The van der Waals surface area contributed by atoms with Crippen LogP contribution < -0.4 is 9.64 Å². The van der Waals surface area contributed by atoms with Crippen molar-refractivity contribution in [1.29, 1.82) is 0 Å². The first-order chi connectivity index (χ1) is 12.8. The number of anilines is 1. The number of ether oxygens (including phenoxy) is 1. The molecule has 0 spiro atoms. The molecule has 5 nitrogen and oxygen atoms in total. The van der Waals surface area contributed by atoms with Crippen molar-refractivity contribution in [3.63, 3.8) is 0 Å². The molecule has 0 bridgehead atoms. The van der Waals surface area contributed by atoms with Gasteiger partial charge in [0, 0.05) is 31.0 Å². The van der Waals surface area contributed by atoms with E-state index in [1.165, 1.54) is 19.2 Å². The number of rotatable bonds is 4. The van der Waals surface area contributed by atoms with Crippen molar-refractivity contribution >= 4 is 5.69 Å². The monoisotopic (exact) mass is 381 g/mol. The molecule has 3 rings (SSSR count). The summed E-state index contributed by atoms with van der Waals surface area (Å²) in [6.45, 7) is 2.69. The Labute approximate surface area is 155 Å². The first-order valence-corrected chi connectivity index (χ1v) is 8.76. The van der Waals surface area contributed by atoms with Gasteiger partial charge >= 0.3 is 6.18 Å². The molecule has 1 fully saturated rings. The van der Waals surface area contributed by atoms with Crippen molar-refractivity contribution in [3.8, 4) is 5.75 Å². The number of nitrogens with zero attached hydrogens (tertiary/aromatic N) is 3. The van der Waals surface area contributed by atoms with E-state index in [-0.39, 0.29) is 11.5 Å². The fraction of sp³-hybridized carbons (Fsp3) is 0.474. The van der Waals surface area contributed by atoms with E-state index in [9.17, 15) is 18.3 Å². The minimum absolute atomic E-state index is 0.0304. The van der Waals surface area contributed by atoms with Crippen molar-refractivity contribution < 1.29 is 23.0 Å². The zero-order valence-electron chi connectivity index (χ0n) is 15.2. The fourth-order valence-corrected chi connectivity index (χ4v) is 3.56. The predicted molar refractivity (Wildman–Crippen MR) is 94.7 cm³/mol. The molecule has 1 aliphatic heterocycles. The summed E-state index contributed by atoms with van der Waals surface area (Å²) in [5.41, 5.74) is 0.598. The molecule has 2 aromatic heterocycles. The number of aromatic nitrogens is 2. The van der Waals surface area contributed by atoms with Gasteiger partial charge in [-0.1, -0.05) is 0 Å². The lowest BCUT2D eigenvalue weighted by atomic mass is 9.87. The number of hydrogen-bond donors (Lipinski definition) is 1. The van der Waals surface area contributed by atoms with E-state index in [1.807, 2.05) is 4.90 Å². The van der Waals surface area contributed by atoms with Crippen LogP contribution in [0.25, 0.3) is 0 Å². The lowest BCUT2D eigenvalue weighted by Crippen LogP contribution is -2.36. The molecule has 1 aliphatic rings. The van der Waals surface area contributed by atoms with Gasteiger partial charge in [0.2, 0.25) is 0 Å². The Balaban J connectivity index is 1.68. The molecule has 0 amide bonds. The van der Waals surface area contributed by atoms with Crippen molar-refractivity contribution in [3.05, 3.63) is 47.5 Å². The topological polar surface area (TPSA) is 58.5 Å². The van der Waals surface area contributed by atoms with E-state index in [0.717, 1.165) is 0 Å². The fourth-order valence-electron chi connectivity index (χ4n) is 3.56. The Morgan fingerprint density at radius 1 is 1.26 bits per heavy atom. The van der Waals surface area contributed by atoms with Gasteiger partial charge in [-0.3, -0.25) is 4.98 Å². The molecule has 0 aromatic carbocycles. The quantitative estimate of drug-likeness (QED) is 0.874. The summed E-state index contributed by atoms with van der Waals surface area (Å²) >= 11 is 0. The highest BCUT2D eigenvalue weighted by Gasteiger charge is 2.35. The normalized spacial score (nSPS) is 17.0. The second-order valence-electron chi connectivity index (χ2n) is 6.74. The van der Waals surface area contributed by atoms with Crippen LogP contribution in [0.1, 0.15) is 35.8 Å². The Morgan fingerprint density at radius 2 is 1.96 bits per heavy atom. The van der Waals surface area contributed by atoms with Crippen LogP contribution in [-0.4, -0.2) is 35.3 Å². The van der Waals surface area contributed by atoms with Gasteiger partial charge in [-0.2, -0.15) is 13.2 Å². The summed E-state index contributed by atoms with van der Waals surface area (Å²) in [6.07, 6.45) is 0.775. The van der Waals surface area contributed by atoms with E-state index in [0.29, 0.717) is 42.9 Å². The van der Waals surface area contributed by atoms with Gasteiger partial charge < -0.3 is 14.7 Å². The largest absolute Gasteiger partial charge is 0.496 e. The maximum absolute atomic E-state index is 12.9. The summed E-state index contributed by atoms with van der Waals surface area (Å²) in [6, 6.07) is 3.24. The molecule has 1 N–H and O–H groups in total. The number of aliphatic hydroxyl groups is 1. The number of pyridine rings is 2. The number of aryl methyl sites for hydroxylation is 1. The van der Waals surface area contributed by atoms with E-state index in [1.54, 1.807) is 25.6 Å². The van der Waals surface area contributed by atoms with Crippen LogP contribution in [0.2, 0.25) is 0 Å². The molecule has 0 aliphatic carbocycles. The number of aliphatic hydroxyl groups excluding tert-OH is 1. The summed E-state index contributed by atoms with van der Waals surface area (Å²) < 4.78 is 43.9. The van der Waals surface area contributed by atoms with E-state index in [4.69, 9.17) is 4.74 Å². The summed E-state index contributed by atoms with van der Waals surface area (Å²) in [7, 11) is 1.55. The van der Waals surface area contributed by atoms with Crippen LogP contribution in [0.4, 0.5) is 18.9 Å². The molecule has 27 heavy (non-hydrogen) atoms. The Morgan fingerprint density at radius 3 is 2.56 bits per heavy atom. The highest BCUT2D eigenvalue weighted by atomic mass is 19.4. The molecule has 1 unspecified atom stereocenters. The van der Waals surface area contributed by atoms with Crippen molar-refractivity contribution in [2.24, 2.45) is 5.92 Å². The summed E-state index contributed by atoms with van der Waals surface area (Å²) in [5, 5.41) is 10.7. The van der Waals surface area contributed by atoms with Gasteiger partial charge in [0.15, 0.2) is 0 Å². The highest BCUT2D eigenvalue weighted by Crippen LogP contribution is 2.36. The van der Waals surface area contributed by atoms with Crippen LogP contribution in [0, 0.1) is 12.8 Å². The lowest BCUT2D eigenvalue weighted by molar-refractivity contribution is -0.141. The van der Waals surface area contributed by atoms with Crippen molar-refractivity contribution in [2.75, 3.05) is 25.1 Å². The Bertz CT molecular complexity index is 790. The second kappa shape index (κ2) is 7.72. The number of piperidine rings is 1. The molecule has 3 heterocycles. The first-order valence-electron chi connectivity index (χ1n) is 8.76. The predicted octanol–water partition coefficient (Wildman–Crippen LogP) is 3.76. The van der Waals surface area contributed by atoms with E-state index < -0.39 is 18.0 Å². The standard InChI is InChI=1S/C19H22F3N3O2/c1-12-9-14(10-24-18(12)19(20,21)22)25-7-4-13(5-8-25)17(26)15-11-23-6-3-16(15)27-2/h3,6,9-11,13,17,26H,4-5,7-8H2,1-2H3. The van der Waals surface area contributed by atoms with Gasteiger partial charge in [-0.25, -0.2) is 4.98 Å². The van der Waals surface area contributed by atoms with Gasteiger partial charge in [0.05, 0.1) is 25.1 Å². The Kier molecular flexibility index (Phi) is 5.55. The van der Waals surface area contributed by atoms with Crippen LogP contribution >= 0.6 is 0 Å². The Hall–Kier alpha value is -2.35. The third-order valence-corrected chi connectivity index (χ3v) is 5.03. The molecule has 0 saturated carbocycles. The molecule has 8 heteroatoms. The highest BCUT2D eigenvalue weighted by molar-refractivity contribution is 5.48. The maximum Gasteiger partial charge on any atom is 0.433 e. The first kappa shape index (κ1) is 19.4. The molecule has 0 radical (unpaired) electrons. The average molecular weight is 381 g/mol. The average Bonchev–Trinajstić information content (AvgIpc) is 2.66. The van der Waals surface area contributed by atoms with Gasteiger partial charge in [0.1, 0.15) is 11.4 Å². The van der Waals surface area contributed by atoms with Crippen LogP contribution in [-0.2, 0) is 6.18 Å². The summed E-state index contributed by atoms with van der Waals surface area (Å²) in [4.78, 5) is 9.67. The molecular formula is C19H22F3N3O2. The molecule has 2 aromatic rings. The van der Waals surface area contributed by atoms with Gasteiger partial charge in [0.25, 0.3) is 0 Å². The molecule has 1 atom stereocenters. The van der Waals surface area contributed by atoms with Crippen molar-refractivity contribution in [2.45, 2.75) is 32.0 Å². The minimum atomic E-state index is -4.44. The smallest absolute Gasteiger partial charge is 0.433 e. The summed E-state index contributed by atoms with van der Waals surface area (Å²) in [5.74, 6) is 0.630. The third kappa shape index (κ3) is 4.16. The number of methoxy groups -OCH3 is 1. The van der Waals surface area contributed by atoms with Crippen LogP contribution in [0.3, 0.4) is 0 Å². The minimum Gasteiger partial charge on any atom is -0.496 e. The third-order valence-electron chi connectivity index (χ3n) is 5.03. The second-order valence-corrected chi connectivity index (χ2v) is 6.74. The molecule has 1 saturated heterocycles. The van der Waals surface area contributed by atoms with Crippen LogP contribution in [0.15, 0.2) is 30.7 Å². The van der Waals surface area contributed by atoms with Crippen molar-refractivity contribution in [1.82, 2.24) is 9.97 Å². The number of hydrogen-bond acceptors (Lipinski definition) is 5. The van der Waals surface area contributed by atoms with E-state index in [2.05, 4.69) is 9.97 Å². The SMILES string of the molecule is COc1ccncc1C(O)C1CCN(c2cnc(C(F)(F)F)c(C)c2)CC1. The zero-order valence-corrected chi connectivity index (χ0v) is 15.2. The lowest BCUT2D eigenvalue weighted by Gasteiger charge is -2.36. The number of halogens is 3. The zero-order chi connectivity index (χ0) is 19.6. The maximum atomic E-state index is 12.9. The molecular weight excluding hydrogens is 359 g/mol. The molecule has 146 valence electrons. The van der Waals surface area contributed by atoms with Crippen LogP contribution in [0.5, 0.6) is 5.75 Å².